The van der Waals surface area contributed by atoms with E-state index in [4.69, 9.17) is 0 Å². The summed E-state index contributed by atoms with van der Waals surface area (Å²) in [6, 6.07) is 11.4. The van der Waals surface area contributed by atoms with E-state index in [2.05, 4.69) is 55.3 Å². The monoisotopic (exact) mass is 351 g/mol. The minimum Gasteiger partial charge on any atom is -0.349 e. The number of aryl methyl sites for hydroxylation is 1. The van der Waals surface area contributed by atoms with Gasteiger partial charge in [0.2, 0.25) is 5.91 Å². The van der Waals surface area contributed by atoms with Gasteiger partial charge in [-0.1, -0.05) is 30.3 Å². The van der Waals surface area contributed by atoms with E-state index in [0.717, 1.165) is 50.4 Å². The molecule has 0 unspecified atom stereocenters. The summed E-state index contributed by atoms with van der Waals surface area (Å²) in [5.74, 6) is 2.20. The van der Waals surface area contributed by atoms with Crippen molar-refractivity contribution in [1.29, 1.82) is 0 Å². The maximum absolute atomic E-state index is 13.0. The third kappa shape index (κ3) is 2.63. The van der Waals surface area contributed by atoms with Gasteiger partial charge in [0.05, 0.1) is 12.5 Å². The lowest BCUT2D eigenvalue weighted by molar-refractivity contribution is -0.125. The van der Waals surface area contributed by atoms with Crippen LogP contribution < -0.4 is 5.32 Å². The van der Waals surface area contributed by atoms with Crippen molar-refractivity contribution in [2.45, 2.75) is 57.3 Å². The predicted molar refractivity (Wildman–Crippen MR) is 97.2 cm³/mol. The third-order valence-corrected chi connectivity index (χ3v) is 6.31. The van der Waals surface area contributed by atoms with E-state index in [9.17, 15) is 4.79 Å². The lowest BCUT2D eigenvalue weighted by atomic mass is 9.93. The first-order chi connectivity index (χ1) is 12.8. The number of benzene rings is 1. The SMILES string of the molecule is O=C(NCc1nnc2n1CCC2)[C@@H]1C[C@H](c2ccccc2)N2CCC[C@@H]12. The highest BCUT2D eigenvalue weighted by Crippen LogP contribution is 2.44. The second kappa shape index (κ2) is 6.50. The van der Waals surface area contributed by atoms with Crippen molar-refractivity contribution < 1.29 is 4.79 Å². The standard InChI is InChI=1S/C20H25N5O/c26-20(21-13-19-23-22-18-9-5-11-25(18)19)15-12-17(14-6-2-1-3-7-14)24-10-4-8-16(15)24/h1-3,6-7,15-17H,4-5,8-13H2,(H,21,26)/t15-,16+,17-/m1/s1. The highest BCUT2D eigenvalue weighted by Gasteiger charge is 2.47. The molecule has 0 radical (unpaired) electrons. The van der Waals surface area contributed by atoms with Crippen LogP contribution in [0.3, 0.4) is 0 Å². The summed E-state index contributed by atoms with van der Waals surface area (Å²) in [5, 5.41) is 11.6. The van der Waals surface area contributed by atoms with E-state index in [0.29, 0.717) is 18.6 Å². The van der Waals surface area contributed by atoms with Crippen molar-refractivity contribution in [2.75, 3.05) is 6.54 Å². The molecule has 6 nitrogen and oxygen atoms in total. The zero-order valence-corrected chi connectivity index (χ0v) is 15.0. The average Bonchev–Trinajstić information content (AvgIpc) is 3.41. The van der Waals surface area contributed by atoms with Crippen LogP contribution in [0.15, 0.2) is 30.3 Å². The molecule has 1 aromatic carbocycles. The van der Waals surface area contributed by atoms with Crippen molar-refractivity contribution in [3.8, 4) is 0 Å². The summed E-state index contributed by atoms with van der Waals surface area (Å²) in [5.41, 5.74) is 1.34. The molecule has 0 saturated carbocycles. The maximum atomic E-state index is 13.0. The molecule has 6 heteroatoms. The highest BCUT2D eigenvalue weighted by atomic mass is 16.2. The Morgan fingerprint density at radius 3 is 2.92 bits per heavy atom. The van der Waals surface area contributed by atoms with Crippen molar-refractivity contribution in [3.63, 3.8) is 0 Å². The Morgan fingerprint density at radius 1 is 1.15 bits per heavy atom. The van der Waals surface area contributed by atoms with E-state index in [1.54, 1.807) is 0 Å². The summed E-state index contributed by atoms with van der Waals surface area (Å²) in [6.45, 7) is 2.57. The van der Waals surface area contributed by atoms with Gasteiger partial charge in [0.25, 0.3) is 0 Å². The number of hydrogen-bond acceptors (Lipinski definition) is 4. The molecule has 0 spiro atoms. The van der Waals surface area contributed by atoms with Crippen LogP contribution in [0.5, 0.6) is 0 Å². The van der Waals surface area contributed by atoms with Crippen LogP contribution in [0.25, 0.3) is 0 Å². The molecule has 26 heavy (non-hydrogen) atoms. The summed E-state index contributed by atoms with van der Waals surface area (Å²) >= 11 is 0. The van der Waals surface area contributed by atoms with Crippen LogP contribution in [0.1, 0.15) is 48.9 Å². The molecule has 136 valence electrons. The summed E-state index contributed by atoms with van der Waals surface area (Å²) in [7, 11) is 0. The lowest BCUT2D eigenvalue weighted by Gasteiger charge is -2.24. The maximum Gasteiger partial charge on any atom is 0.225 e. The molecular formula is C20H25N5O. The number of carbonyl (C=O) groups is 1. The van der Waals surface area contributed by atoms with E-state index in [-0.39, 0.29) is 11.8 Å². The highest BCUT2D eigenvalue weighted by molar-refractivity contribution is 5.80. The molecule has 3 aliphatic heterocycles. The molecule has 2 saturated heterocycles. The van der Waals surface area contributed by atoms with Crippen LogP contribution in [-0.2, 0) is 24.3 Å². The minimum atomic E-state index is 0.0728. The topological polar surface area (TPSA) is 63.1 Å². The van der Waals surface area contributed by atoms with Gasteiger partial charge in [-0.15, -0.1) is 10.2 Å². The predicted octanol–water partition coefficient (Wildman–Crippen LogP) is 2.07. The van der Waals surface area contributed by atoms with Gasteiger partial charge in [-0.05, 0) is 37.8 Å². The molecule has 0 bridgehead atoms. The van der Waals surface area contributed by atoms with Crippen molar-refractivity contribution in [2.24, 2.45) is 5.92 Å². The smallest absolute Gasteiger partial charge is 0.225 e. The molecule has 1 N–H and O–H groups in total. The van der Waals surface area contributed by atoms with Crippen LogP contribution in [-0.4, -0.2) is 38.2 Å². The van der Waals surface area contributed by atoms with Gasteiger partial charge in [-0.2, -0.15) is 0 Å². The van der Waals surface area contributed by atoms with Gasteiger partial charge in [-0.3, -0.25) is 9.69 Å². The molecule has 1 aromatic heterocycles. The number of fused-ring (bicyclic) bond motifs is 2. The zero-order valence-electron chi connectivity index (χ0n) is 15.0. The third-order valence-electron chi connectivity index (χ3n) is 6.31. The lowest BCUT2D eigenvalue weighted by Crippen LogP contribution is -2.37. The van der Waals surface area contributed by atoms with Crippen LogP contribution in [0, 0.1) is 5.92 Å². The van der Waals surface area contributed by atoms with Crippen LogP contribution in [0.4, 0.5) is 0 Å². The Hall–Kier alpha value is -2.21. The normalized spacial score (nSPS) is 27.5. The molecule has 0 aliphatic carbocycles. The second-order valence-corrected chi connectivity index (χ2v) is 7.72. The molecule has 2 aromatic rings. The number of hydrogen-bond donors (Lipinski definition) is 1. The van der Waals surface area contributed by atoms with Gasteiger partial charge < -0.3 is 9.88 Å². The fraction of sp³-hybridized carbons (Fsp3) is 0.550. The Morgan fingerprint density at radius 2 is 2.04 bits per heavy atom. The molecule has 5 rings (SSSR count). The van der Waals surface area contributed by atoms with Gasteiger partial charge in [0.1, 0.15) is 5.82 Å². The zero-order chi connectivity index (χ0) is 17.5. The van der Waals surface area contributed by atoms with Gasteiger partial charge in [0, 0.05) is 25.0 Å². The van der Waals surface area contributed by atoms with Gasteiger partial charge in [-0.25, -0.2) is 0 Å². The molecule has 3 atom stereocenters. The first kappa shape index (κ1) is 16.0. The van der Waals surface area contributed by atoms with E-state index in [1.807, 2.05) is 0 Å². The van der Waals surface area contributed by atoms with Gasteiger partial charge >= 0.3 is 0 Å². The molecule has 3 aliphatic rings. The average molecular weight is 351 g/mol. The Kier molecular flexibility index (Phi) is 4.00. The van der Waals surface area contributed by atoms with Crippen LogP contribution >= 0.6 is 0 Å². The van der Waals surface area contributed by atoms with Crippen molar-refractivity contribution >= 4 is 5.91 Å². The molecule has 4 heterocycles. The van der Waals surface area contributed by atoms with E-state index >= 15 is 0 Å². The number of carbonyl (C=O) groups excluding carboxylic acids is 1. The summed E-state index contributed by atoms with van der Waals surface area (Å²) < 4.78 is 2.16. The first-order valence-electron chi connectivity index (χ1n) is 9.80. The first-order valence-corrected chi connectivity index (χ1v) is 9.80. The number of nitrogens with one attached hydrogen (secondary N) is 1. The number of aromatic nitrogens is 3. The second-order valence-electron chi connectivity index (χ2n) is 7.72. The van der Waals surface area contributed by atoms with Crippen molar-refractivity contribution in [3.05, 3.63) is 47.5 Å². The van der Waals surface area contributed by atoms with Gasteiger partial charge in [0.15, 0.2) is 5.82 Å². The molecular weight excluding hydrogens is 326 g/mol. The molecule has 2 fully saturated rings. The number of rotatable bonds is 4. The fourth-order valence-corrected chi connectivity index (χ4v) is 5.09. The number of nitrogens with zero attached hydrogens (tertiary/aromatic N) is 4. The van der Waals surface area contributed by atoms with E-state index < -0.39 is 0 Å². The quantitative estimate of drug-likeness (QED) is 0.916. The number of amides is 1. The van der Waals surface area contributed by atoms with Crippen molar-refractivity contribution in [1.82, 2.24) is 25.0 Å². The Bertz CT molecular complexity index is 802. The van der Waals surface area contributed by atoms with E-state index in [1.165, 1.54) is 12.0 Å². The summed E-state index contributed by atoms with van der Waals surface area (Å²) in [4.78, 5) is 15.5. The largest absolute Gasteiger partial charge is 0.349 e. The van der Waals surface area contributed by atoms with Crippen LogP contribution in [0.2, 0.25) is 0 Å². The molecule has 1 amide bonds. The summed E-state index contributed by atoms with van der Waals surface area (Å²) in [6.07, 6.45) is 5.36. The fourth-order valence-electron chi connectivity index (χ4n) is 5.09. The Labute approximate surface area is 153 Å². The minimum absolute atomic E-state index is 0.0728. The Balaban J connectivity index is 1.29.